The van der Waals surface area contributed by atoms with E-state index in [4.69, 9.17) is 12.2 Å². The lowest BCUT2D eigenvalue weighted by atomic mass is 10.1. The Morgan fingerprint density at radius 1 is 1.00 bits per heavy atom. The topological polar surface area (TPSA) is 69.7 Å². The zero-order chi connectivity index (χ0) is 23.5. The summed E-state index contributed by atoms with van der Waals surface area (Å²) in [5.41, 5.74) is 3.35. The lowest BCUT2D eigenvalue weighted by Crippen LogP contribution is -2.35. The number of thiocarbonyl (C=S) groups is 1. The Morgan fingerprint density at radius 2 is 1.73 bits per heavy atom. The number of amides is 3. The van der Waals surface area contributed by atoms with Crippen LogP contribution in [0, 0.1) is 6.92 Å². The summed E-state index contributed by atoms with van der Waals surface area (Å²) in [6.07, 6.45) is 2.91. The summed E-state index contributed by atoms with van der Waals surface area (Å²) in [6.45, 7) is 4.47. The van der Waals surface area contributed by atoms with E-state index in [1.165, 1.54) is 16.7 Å². The Balaban J connectivity index is 1.59. The zero-order valence-electron chi connectivity index (χ0n) is 18.6. The van der Waals surface area contributed by atoms with Crippen LogP contribution in [0.15, 0.2) is 53.4 Å². The zero-order valence-corrected chi connectivity index (χ0v) is 20.2. The maximum Gasteiger partial charge on any atom is 0.267 e. The van der Waals surface area contributed by atoms with Crippen molar-refractivity contribution in [3.8, 4) is 0 Å². The van der Waals surface area contributed by atoms with Gasteiger partial charge in [-0.3, -0.25) is 24.2 Å². The van der Waals surface area contributed by atoms with Crippen LogP contribution in [0.1, 0.15) is 37.3 Å². The standard InChI is InChI=1S/C25H25N3O3S2/c1-3-4-7-14-27-24(31)22(33-25(27)32)21-18-8-5-6-9-19(18)28(23(21)30)15-20(29)26-17-12-10-16(2)11-13-17/h5-6,8-13H,3-4,7,14-15H2,1-2H3,(H,26,29). The van der Waals surface area contributed by atoms with Crippen molar-refractivity contribution in [2.24, 2.45) is 0 Å². The predicted molar refractivity (Wildman–Crippen MR) is 137 cm³/mol. The summed E-state index contributed by atoms with van der Waals surface area (Å²) in [4.78, 5) is 42.7. The maximum absolute atomic E-state index is 13.5. The number of thioether (sulfide) groups is 1. The number of carbonyl (C=O) groups excluding carboxylic acids is 3. The lowest BCUT2D eigenvalue weighted by molar-refractivity contribution is -0.122. The van der Waals surface area contributed by atoms with Gasteiger partial charge in [-0.15, -0.1) is 0 Å². The van der Waals surface area contributed by atoms with Gasteiger partial charge in [0.1, 0.15) is 10.9 Å². The first-order valence-corrected chi connectivity index (χ1v) is 12.2. The second kappa shape index (κ2) is 9.89. The highest BCUT2D eigenvalue weighted by atomic mass is 32.2. The summed E-state index contributed by atoms with van der Waals surface area (Å²) in [5.74, 6) is -0.898. The Labute approximate surface area is 203 Å². The summed E-state index contributed by atoms with van der Waals surface area (Å²) < 4.78 is 0.472. The molecule has 2 aromatic rings. The number of hydrogen-bond acceptors (Lipinski definition) is 5. The third kappa shape index (κ3) is 4.72. The molecular formula is C25H25N3O3S2. The van der Waals surface area contributed by atoms with Gasteiger partial charge in [-0.2, -0.15) is 0 Å². The molecule has 0 atom stereocenters. The van der Waals surface area contributed by atoms with Gasteiger partial charge in [0, 0.05) is 17.8 Å². The number of aryl methyl sites for hydroxylation is 1. The molecule has 1 fully saturated rings. The fraction of sp³-hybridized carbons (Fsp3) is 0.280. The molecule has 2 aromatic carbocycles. The van der Waals surface area contributed by atoms with E-state index in [1.54, 1.807) is 11.0 Å². The number of unbranched alkanes of at least 4 members (excludes halogenated alkanes) is 2. The second-order valence-electron chi connectivity index (χ2n) is 8.06. The smallest absolute Gasteiger partial charge is 0.267 e. The van der Waals surface area contributed by atoms with Crippen molar-refractivity contribution in [3.05, 3.63) is 64.6 Å². The van der Waals surface area contributed by atoms with Crippen LogP contribution in [0.3, 0.4) is 0 Å². The van der Waals surface area contributed by atoms with E-state index in [-0.39, 0.29) is 24.3 Å². The first kappa shape index (κ1) is 23.2. The molecule has 0 aliphatic carbocycles. The van der Waals surface area contributed by atoms with E-state index in [9.17, 15) is 14.4 Å². The molecular weight excluding hydrogens is 454 g/mol. The predicted octanol–water partition coefficient (Wildman–Crippen LogP) is 4.74. The molecule has 3 amide bonds. The van der Waals surface area contributed by atoms with Crippen LogP contribution in [-0.2, 0) is 14.4 Å². The van der Waals surface area contributed by atoms with E-state index >= 15 is 0 Å². The van der Waals surface area contributed by atoms with Gasteiger partial charge in [0.2, 0.25) is 5.91 Å². The molecule has 0 bridgehead atoms. The summed E-state index contributed by atoms with van der Waals surface area (Å²) in [6, 6.07) is 14.7. The van der Waals surface area contributed by atoms with Gasteiger partial charge >= 0.3 is 0 Å². The Kier molecular flexibility index (Phi) is 6.95. The van der Waals surface area contributed by atoms with Gasteiger partial charge in [0.05, 0.1) is 16.2 Å². The lowest BCUT2D eigenvalue weighted by Gasteiger charge is -2.17. The van der Waals surface area contributed by atoms with Crippen molar-refractivity contribution >= 4 is 63.0 Å². The minimum Gasteiger partial charge on any atom is -0.325 e. The number of hydrogen-bond donors (Lipinski definition) is 1. The van der Waals surface area contributed by atoms with Gasteiger partial charge in [-0.25, -0.2) is 0 Å². The quantitative estimate of drug-likeness (QED) is 0.353. The molecule has 8 heteroatoms. The molecule has 170 valence electrons. The summed E-state index contributed by atoms with van der Waals surface area (Å²) in [5, 5.41) is 2.83. The first-order valence-electron chi connectivity index (χ1n) is 11.0. The molecule has 1 saturated heterocycles. The number of anilines is 2. The van der Waals surface area contributed by atoms with E-state index in [2.05, 4.69) is 12.2 Å². The molecule has 2 heterocycles. The highest BCUT2D eigenvalue weighted by molar-refractivity contribution is 8.26. The molecule has 33 heavy (non-hydrogen) atoms. The Hall–Kier alpha value is -2.97. The maximum atomic E-state index is 13.5. The van der Waals surface area contributed by atoms with Gasteiger partial charge in [0.15, 0.2) is 0 Å². The SMILES string of the molecule is CCCCCN1C(=O)C(=C2C(=O)N(CC(=O)Nc3ccc(C)cc3)c3ccccc32)SC1=S. The Morgan fingerprint density at radius 3 is 2.45 bits per heavy atom. The van der Waals surface area contributed by atoms with Crippen LogP contribution in [0.25, 0.3) is 5.57 Å². The number of nitrogens with one attached hydrogen (secondary N) is 1. The van der Waals surface area contributed by atoms with Crippen molar-refractivity contribution in [2.45, 2.75) is 33.1 Å². The number of fused-ring (bicyclic) bond motifs is 1. The minimum atomic E-state index is -0.357. The van der Waals surface area contributed by atoms with Crippen molar-refractivity contribution in [2.75, 3.05) is 23.3 Å². The molecule has 0 spiro atoms. The third-order valence-electron chi connectivity index (χ3n) is 5.62. The highest BCUT2D eigenvalue weighted by Crippen LogP contribution is 2.44. The monoisotopic (exact) mass is 479 g/mol. The van der Waals surface area contributed by atoms with Crippen LogP contribution in [0.5, 0.6) is 0 Å². The molecule has 0 saturated carbocycles. The minimum absolute atomic E-state index is 0.149. The van der Waals surface area contributed by atoms with E-state index < -0.39 is 0 Å². The highest BCUT2D eigenvalue weighted by Gasteiger charge is 2.42. The fourth-order valence-electron chi connectivity index (χ4n) is 3.90. The van der Waals surface area contributed by atoms with Crippen LogP contribution in [-0.4, -0.2) is 40.0 Å². The second-order valence-corrected chi connectivity index (χ2v) is 9.70. The van der Waals surface area contributed by atoms with Crippen molar-refractivity contribution in [1.29, 1.82) is 0 Å². The van der Waals surface area contributed by atoms with Gasteiger partial charge in [-0.1, -0.05) is 79.6 Å². The van der Waals surface area contributed by atoms with Crippen molar-refractivity contribution < 1.29 is 14.4 Å². The number of carbonyl (C=O) groups is 3. The number of nitrogens with zero attached hydrogens (tertiary/aromatic N) is 2. The number of para-hydroxylation sites is 1. The van der Waals surface area contributed by atoms with Gasteiger partial charge in [-0.05, 0) is 31.5 Å². The summed E-state index contributed by atoms with van der Waals surface area (Å²) >= 11 is 6.61. The summed E-state index contributed by atoms with van der Waals surface area (Å²) in [7, 11) is 0. The van der Waals surface area contributed by atoms with E-state index in [1.807, 2.05) is 49.4 Å². The largest absolute Gasteiger partial charge is 0.325 e. The first-order chi connectivity index (χ1) is 15.9. The van der Waals surface area contributed by atoms with Gasteiger partial charge in [0.25, 0.3) is 11.8 Å². The molecule has 4 rings (SSSR count). The van der Waals surface area contributed by atoms with Crippen LogP contribution < -0.4 is 10.2 Å². The molecule has 0 aromatic heterocycles. The average Bonchev–Trinajstić information content (AvgIpc) is 3.23. The average molecular weight is 480 g/mol. The van der Waals surface area contributed by atoms with E-state index in [0.29, 0.717) is 38.3 Å². The fourth-order valence-corrected chi connectivity index (χ4v) is 5.28. The van der Waals surface area contributed by atoms with E-state index in [0.717, 1.165) is 24.8 Å². The van der Waals surface area contributed by atoms with Gasteiger partial charge < -0.3 is 5.32 Å². The van der Waals surface area contributed by atoms with Crippen LogP contribution >= 0.6 is 24.0 Å². The molecule has 0 radical (unpaired) electrons. The van der Waals surface area contributed by atoms with Crippen LogP contribution in [0.2, 0.25) is 0 Å². The van der Waals surface area contributed by atoms with Crippen LogP contribution in [0.4, 0.5) is 11.4 Å². The molecule has 2 aliphatic heterocycles. The van der Waals surface area contributed by atoms with Crippen molar-refractivity contribution in [1.82, 2.24) is 4.90 Å². The normalized spacial score (nSPS) is 17.7. The molecule has 1 N–H and O–H groups in total. The molecule has 2 aliphatic rings. The number of rotatable bonds is 7. The number of benzene rings is 2. The third-order valence-corrected chi connectivity index (χ3v) is 7.07. The van der Waals surface area contributed by atoms with Crippen molar-refractivity contribution in [3.63, 3.8) is 0 Å². The molecule has 6 nitrogen and oxygen atoms in total. The molecule has 0 unspecified atom stereocenters. The Bertz CT molecular complexity index is 1160.